The number of carbonyl (C=O) groups is 1. The van der Waals surface area contributed by atoms with Gasteiger partial charge in [-0.1, -0.05) is 18.7 Å². The monoisotopic (exact) mass is 154 g/mol. The first-order chi connectivity index (χ1) is 4.79. The van der Waals surface area contributed by atoms with E-state index in [0.29, 0.717) is 5.82 Å². The van der Waals surface area contributed by atoms with E-state index >= 15 is 0 Å². The number of thiol groups is 1. The third-order valence-corrected chi connectivity index (χ3v) is 1.01. The summed E-state index contributed by atoms with van der Waals surface area (Å²) in [5.41, 5.74) is 0. The molecule has 0 saturated carbocycles. The largest absolute Gasteiger partial charge is 0.302 e. The predicted octanol–water partition coefficient (Wildman–Crippen LogP) is 1.54. The summed E-state index contributed by atoms with van der Waals surface area (Å²) in [6.07, 6.45) is 1.60. The molecule has 0 saturated heterocycles. The van der Waals surface area contributed by atoms with Gasteiger partial charge in [0.25, 0.3) is 5.24 Å². The second-order valence-corrected chi connectivity index (χ2v) is 2.05. The Balaban J connectivity index is 2.67. The van der Waals surface area contributed by atoms with Crippen molar-refractivity contribution < 1.29 is 4.79 Å². The van der Waals surface area contributed by atoms with Gasteiger partial charge < -0.3 is 5.32 Å². The van der Waals surface area contributed by atoms with Gasteiger partial charge in [-0.2, -0.15) is 0 Å². The third-order valence-electron chi connectivity index (χ3n) is 0.900. The Hall–Kier alpha value is -1.03. The molecule has 0 aliphatic heterocycles. The number of pyridine rings is 1. The SMILES string of the molecule is O=C(S)Nc1ccccn1. The molecule has 1 amide bonds. The number of anilines is 1. The van der Waals surface area contributed by atoms with Gasteiger partial charge in [0.05, 0.1) is 0 Å². The molecule has 0 aromatic carbocycles. The van der Waals surface area contributed by atoms with Crippen molar-refractivity contribution in [1.29, 1.82) is 0 Å². The van der Waals surface area contributed by atoms with Gasteiger partial charge in [0.1, 0.15) is 5.82 Å². The molecule has 1 aromatic heterocycles. The smallest absolute Gasteiger partial charge is 0.281 e. The first-order valence-electron chi connectivity index (χ1n) is 2.70. The van der Waals surface area contributed by atoms with Crippen LogP contribution in [-0.2, 0) is 0 Å². The maximum absolute atomic E-state index is 10.3. The average Bonchev–Trinajstić information content (AvgIpc) is 1.88. The lowest BCUT2D eigenvalue weighted by Gasteiger charge is -1.96. The fourth-order valence-electron chi connectivity index (χ4n) is 0.546. The van der Waals surface area contributed by atoms with Crippen LogP contribution in [0.15, 0.2) is 24.4 Å². The molecule has 10 heavy (non-hydrogen) atoms. The Morgan fingerprint density at radius 3 is 2.90 bits per heavy atom. The highest BCUT2D eigenvalue weighted by Gasteiger charge is 1.92. The highest BCUT2D eigenvalue weighted by atomic mass is 32.1. The number of rotatable bonds is 1. The Kier molecular flexibility index (Phi) is 2.28. The summed E-state index contributed by atoms with van der Waals surface area (Å²) in [4.78, 5) is 14.2. The molecule has 0 spiro atoms. The lowest BCUT2D eigenvalue weighted by atomic mass is 10.5. The molecule has 0 aliphatic carbocycles. The number of nitrogens with one attached hydrogen (secondary N) is 1. The summed E-state index contributed by atoms with van der Waals surface area (Å²) in [6.45, 7) is 0. The Bertz CT molecular complexity index is 224. The van der Waals surface area contributed by atoms with Gasteiger partial charge in [0, 0.05) is 6.20 Å². The van der Waals surface area contributed by atoms with Crippen molar-refractivity contribution in [2.75, 3.05) is 5.32 Å². The zero-order valence-electron chi connectivity index (χ0n) is 5.11. The van der Waals surface area contributed by atoms with Gasteiger partial charge in [0.15, 0.2) is 0 Å². The molecule has 0 bridgehead atoms. The summed E-state index contributed by atoms with van der Waals surface area (Å²) in [6, 6.07) is 5.24. The summed E-state index contributed by atoms with van der Waals surface area (Å²) in [5.74, 6) is 0.516. The molecule has 0 atom stereocenters. The maximum atomic E-state index is 10.3. The fraction of sp³-hybridized carbons (Fsp3) is 0. The van der Waals surface area contributed by atoms with Gasteiger partial charge in [-0.05, 0) is 12.1 Å². The summed E-state index contributed by atoms with van der Waals surface area (Å²) >= 11 is 3.52. The average molecular weight is 154 g/mol. The van der Waals surface area contributed by atoms with Crippen molar-refractivity contribution in [3.8, 4) is 0 Å². The van der Waals surface area contributed by atoms with Crippen LogP contribution in [0.5, 0.6) is 0 Å². The van der Waals surface area contributed by atoms with E-state index in [1.807, 2.05) is 0 Å². The van der Waals surface area contributed by atoms with Crippen LogP contribution in [0.3, 0.4) is 0 Å². The highest BCUT2D eigenvalue weighted by molar-refractivity contribution is 7.96. The van der Waals surface area contributed by atoms with Gasteiger partial charge in [-0.3, -0.25) is 4.79 Å². The number of amides is 1. The van der Waals surface area contributed by atoms with E-state index in [4.69, 9.17) is 0 Å². The Morgan fingerprint density at radius 2 is 2.40 bits per heavy atom. The first-order valence-corrected chi connectivity index (χ1v) is 3.15. The van der Waals surface area contributed by atoms with Gasteiger partial charge in [-0.25, -0.2) is 4.98 Å². The first kappa shape index (κ1) is 7.08. The number of carbonyl (C=O) groups excluding carboxylic acids is 1. The van der Waals surface area contributed by atoms with Crippen molar-refractivity contribution in [3.05, 3.63) is 24.4 Å². The van der Waals surface area contributed by atoms with Gasteiger partial charge in [0.2, 0.25) is 0 Å². The van der Waals surface area contributed by atoms with Crippen molar-refractivity contribution in [3.63, 3.8) is 0 Å². The maximum Gasteiger partial charge on any atom is 0.281 e. The normalized spacial score (nSPS) is 8.90. The molecular formula is C6H6N2OS. The van der Waals surface area contributed by atoms with Crippen LogP contribution in [0.25, 0.3) is 0 Å². The van der Waals surface area contributed by atoms with Crippen LogP contribution in [0.4, 0.5) is 10.6 Å². The molecular weight excluding hydrogens is 148 g/mol. The van der Waals surface area contributed by atoms with Crippen LogP contribution < -0.4 is 5.32 Å². The quantitative estimate of drug-likeness (QED) is 0.602. The van der Waals surface area contributed by atoms with Crippen LogP contribution in [0.1, 0.15) is 0 Å². The van der Waals surface area contributed by atoms with Crippen LogP contribution in [-0.4, -0.2) is 10.2 Å². The topological polar surface area (TPSA) is 42.0 Å². The van der Waals surface area contributed by atoms with Crippen molar-refractivity contribution in [1.82, 2.24) is 4.98 Å². The molecule has 3 nitrogen and oxygen atoms in total. The van der Waals surface area contributed by atoms with Crippen LogP contribution >= 0.6 is 12.6 Å². The van der Waals surface area contributed by atoms with Crippen molar-refractivity contribution in [2.45, 2.75) is 0 Å². The van der Waals surface area contributed by atoms with E-state index in [-0.39, 0.29) is 0 Å². The second kappa shape index (κ2) is 3.22. The molecule has 0 fully saturated rings. The molecule has 1 rings (SSSR count). The van der Waals surface area contributed by atoms with E-state index in [0.717, 1.165) is 0 Å². The van der Waals surface area contributed by atoms with E-state index in [2.05, 4.69) is 22.9 Å². The summed E-state index contributed by atoms with van der Waals surface area (Å²) in [5, 5.41) is 2.01. The molecule has 0 radical (unpaired) electrons. The van der Waals surface area contributed by atoms with Crippen molar-refractivity contribution >= 4 is 23.7 Å². The van der Waals surface area contributed by atoms with Crippen LogP contribution in [0.2, 0.25) is 0 Å². The van der Waals surface area contributed by atoms with Crippen molar-refractivity contribution in [2.24, 2.45) is 0 Å². The lowest BCUT2D eigenvalue weighted by molar-refractivity contribution is 0.270. The number of nitrogens with zero attached hydrogens (tertiary/aromatic N) is 1. The Labute approximate surface area is 63.9 Å². The molecule has 1 heterocycles. The molecule has 0 unspecified atom stereocenters. The molecule has 4 heteroatoms. The molecule has 52 valence electrons. The van der Waals surface area contributed by atoms with E-state index in [1.54, 1.807) is 24.4 Å². The van der Waals surface area contributed by atoms with E-state index in [9.17, 15) is 4.79 Å². The zero-order valence-corrected chi connectivity index (χ0v) is 6.01. The minimum Gasteiger partial charge on any atom is -0.302 e. The Morgan fingerprint density at radius 1 is 1.60 bits per heavy atom. The van der Waals surface area contributed by atoms with Gasteiger partial charge >= 0.3 is 0 Å². The molecule has 1 aromatic rings. The van der Waals surface area contributed by atoms with Gasteiger partial charge in [-0.15, -0.1) is 0 Å². The second-order valence-electron chi connectivity index (χ2n) is 1.65. The third kappa shape index (κ3) is 2.06. The number of aromatic nitrogens is 1. The minimum atomic E-state index is -0.404. The number of hydrogen-bond acceptors (Lipinski definition) is 2. The highest BCUT2D eigenvalue weighted by Crippen LogP contribution is 2.00. The minimum absolute atomic E-state index is 0.404. The number of hydrogen-bond donors (Lipinski definition) is 2. The molecule has 1 N–H and O–H groups in total. The fourth-order valence-corrected chi connectivity index (χ4v) is 0.661. The predicted molar refractivity (Wildman–Crippen MR) is 42.2 cm³/mol. The summed E-state index contributed by atoms with van der Waals surface area (Å²) in [7, 11) is 0. The van der Waals surface area contributed by atoms with E-state index in [1.165, 1.54) is 0 Å². The standard InChI is InChI=1S/C6H6N2OS/c9-6(10)8-5-3-1-2-4-7-5/h1-4H,(H2,7,8,9,10). The summed E-state index contributed by atoms with van der Waals surface area (Å²) < 4.78 is 0. The lowest BCUT2D eigenvalue weighted by Crippen LogP contribution is -2.01. The zero-order chi connectivity index (χ0) is 7.40. The van der Waals surface area contributed by atoms with E-state index < -0.39 is 5.24 Å². The molecule has 0 aliphatic rings. The van der Waals surface area contributed by atoms with Crippen LogP contribution in [0, 0.1) is 0 Å².